The topological polar surface area (TPSA) is 37.8 Å². The Bertz CT molecular complexity index is 343. The number of aromatic nitrogens is 2. The van der Waals surface area contributed by atoms with Crippen molar-refractivity contribution in [3.63, 3.8) is 0 Å². The predicted molar refractivity (Wildman–Crippen MR) is 66.8 cm³/mol. The lowest BCUT2D eigenvalue weighted by molar-refractivity contribution is 0.664. The molecule has 1 saturated carbocycles. The Morgan fingerprint density at radius 2 is 2.06 bits per heavy atom. The van der Waals surface area contributed by atoms with Crippen LogP contribution in [0.4, 0.5) is 5.82 Å². The maximum absolute atomic E-state index is 4.63. The van der Waals surface area contributed by atoms with Crippen molar-refractivity contribution in [2.45, 2.75) is 51.9 Å². The van der Waals surface area contributed by atoms with Gasteiger partial charge in [-0.2, -0.15) is 0 Å². The molecule has 0 aromatic carbocycles. The average molecular weight is 219 g/mol. The lowest BCUT2D eigenvalue weighted by Gasteiger charge is -2.11. The number of nitrogens with zero attached hydrogens (tertiary/aromatic N) is 2. The Kier molecular flexibility index (Phi) is 3.75. The first-order valence-electron chi connectivity index (χ1n) is 6.39. The molecule has 0 bridgehead atoms. The van der Waals surface area contributed by atoms with Gasteiger partial charge < -0.3 is 5.32 Å². The molecule has 2 rings (SSSR count). The van der Waals surface area contributed by atoms with Crippen molar-refractivity contribution in [3.05, 3.63) is 17.6 Å². The highest BCUT2D eigenvalue weighted by Gasteiger charge is 2.20. The molecule has 0 aliphatic heterocycles. The molecule has 0 unspecified atom stereocenters. The van der Waals surface area contributed by atoms with Crippen molar-refractivity contribution < 1.29 is 0 Å². The number of hydrogen-bond acceptors (Lipinski definition) is 3. The zero-order valence-corrected chi connectivity index (χ0v) is 10.3. The van der Waals surface area contributed by atoms with Crippen LogP contribution in [0.25, 0.3) is 0 Å². The summed E-state index contributed by atoms with van der Waals surface area (Å²) in [5.74, 6) is 2.65. The summed E-state index contributed by atoms with van der Waals surface area (Å²) in [4.78, 5) is 9.20. The fourth-order valence-electron chi connectivity index (χ4n) is 2.30. The average Bonchev–Trinajstić information content (AvgIpc) is 2.79. The van der Waals surface area contributed by atoms with E-state index in [1.807, 2.05) is 6.07 Å². The maximum Gasteiger partial charge on any atom is 0.134 e. The zero-order valence-electron chi connectivity index (χ0n) is 10.3. The highest BCUT2D eigenvalue weighted by atomic mass is 15.0. The fraction of sp³-hybridized carbons (Fsp3) is 0.692. The lowest BCUT2D eigenvalue weighted by Crippen LogP contribution is -2.08. The molecule has 1 fully saturated rings. The molecular weight excluding hydrogens is 198 g/mol. The number of rotatable bonds is 4. The number of aryl methyl sites for hydroxylation is 1. The normalized spacial score (nSPS) is 16.6. The molecule has 1 heterocycles. The largest absolute Gasteiger partial charge is 0.370 e. The molecule has 0 atom stereocenters. The van der Waals surface area contributed by atoms with Gasteiger partial charge in [-0.05, 0) is 26.2 Å². The Hall–Kier alpha value is -1.12. The first-order valence-corrected chi connectivity index (χ1v) is 6.39. The molecule has 1 aliphatic rings. The quantitative estimate of drug-likeness (QED) is 0.844. The molecule has 1 N–H and O–H groups in total. The van der Waals surface area contributed by atoms with Crippen LogP contribution in [0, 0.1) is 6.92 Å². The summed E-state index contributed by atoms with van der Waals surface area (Å²) >= 11 is 0. The monoisotopic (exact) mass is 219 g/mol. The molecule has 0 amide bonds. The van der Waals surface area contributed by atoms with Crippen molar-refractivity contribution in [2.75, 3.05) is 11.9 Å². The summed E-state index contributed by atoms with van der Waals surface area (Å²) in [5.41, 5.74) is 1.08. The van der Waals surface area contributed by atoms with E-state index in [2.05, 4.69) is 29.1 Å². The van der Waals surface area contributed by atoms with Crippen LogP contribution in [-0.4, -0.2) is 16.5 Å². The highest BCUT2D eigenvalue weighted by Crippen LogP contribution is 2.32. The van der Waals surface area contributed by atoms with Crippen molar-refractivity contribution >= 4 is 5.82 Å². The summed E-state index contributed by atoms with van der Waals surface area (Å²) in [6.07, 6.45) is 6.31. The molecule has 0 radical (unpaired) electrons. The standard InChI is InChI=1S/C13H21N3/c1-3-8-14-12-9-10(2)15-13(16-12)11-6-4-5-7-11/h9,11H,3-8H2,1-2H3,(H,14,15,16). The molecule has 0 saturated heterocycles. The third kappa shape index (κ3) is 2.71. The van der Waals surface area contributed by atoms with E-state index in [4.69, 9.17) is 0 Å². The van der Waals surface area contributed by atoms with Crippen LogP contribution in [0.3, 0.4) is 0 Å². The fourth-order valence-corrected chi connectivity index (χ4v) is 2.30. The number of anilines is 1. The summed E-state index contributed by atoms with van der Waals surface area (Å²) in [7, 11) is 0. The molecule has 1 aromatic rings. The van der Waals surface area contributed by atoms with E-state index in [0.29, 0.717) is 5.92 Å². The van der Waals surface area contributed by atoms with E-state index in [1.54, 1.807) is 0 Å². The van der Waals surface area contributed by atoms with Crippen LogP contribution in [0.2, 0.25) is 0 Å². The second-order valence-electron chi connectivity index (χ2n) is 4.66. The Morgan fingerprint density at radius 1 is 1.31 bits per heavy atom. The van der Waals surface area contributed by atoms with Gasteiger partial charge in [0.25, 0.3) is 0 Å². The van der Waals surface area contributed by atoms with E-state index in [-0.39, 0.29) is 0 Å². The van der Waals surface area contributed by atoms with Crippen LogP contribution in [-0.2, 0) is 0 Å². The third-order valence-electron chi connectivity index (χ3n) is 3.15. The molecule has 88 valence electrons. The minimum absolute atomic E-state index is 0.599. The number of hydrogen-bond donors (Lipinski definition) is 1. The van der Waals surface area contributed by atoms with Gasteiger partial charge in [-0.25, -0.2) is 9.97 Å². The van der Waals surface area contributed by atoms with Crippen LogP contribution in [0.1, 0.15) is 56.5 Å². The van der Waals surface area contributed by atoms with Gasteiger partial charge in [0, 0.05) is 24.2 Å². The van der Waals surface area contributed by atoms with E-state index in [0.717, 1.165) is 30.3 Å². The smallest absolute Gasteiger partial charge is 0.134 e. The van der Waals surface area contributed by atoms with Gasteiger partial charge in [-0.15, -0.1) is 0 Å². The summed E-state index contributed by atoms with van der Waals surface area (Å²) in [5, 5.41) is 3.35. The van der Waals surface area contributed by atoms with Gasteiger partial charge in [0.15, 0.2) is 0 Å². The third-order valence-corrected chi connectivity index (χ3v) is 3.15. The Morgan fingerprint density at radius 3 is 2.75 bits per heavy atom. The van der Waals surface area contributed by atoms with Gasteiger partial charge in [-0.1, -0.05) is 19.8 Å². The van der Waals surface area contributed by atoms with Crippen molar-refractivity contribution in [1.82, 2.24) is 9.97 Å². The highest BCUT2D eigenvalue weighted by molar-refractivity contribution is 5.36. The van der Waals surface area contributed by atoms with Crippen LogP contribution >= 0.6 is 0 Å². The Labute approximate surface area is 97.7 Å². The Balaban J connectivity index is 2.14. The first kappa shape index (κ1) is 11.4. The van der Waals surface area contributed by atoms with E-state index >= 15 is 0 Å². The van der Waals surface area contributed by atoms with Gasteiger partial charge >= 0.3 is 0 Å². The predicted octanol–water partition coefficient (Wildman–Crippen LogP) is 3.26. The SMILES string of the molecule is CCCNc1cc(C)nc(C2CCCC2)n1. The zero-order chi connectivity index (χ0) is 11.4. The van der Waals surface area contributed by atoms with Crippen molar-refractivity contribution in [2.24, 2.45) is 0 Å². The maximum atomic E-state index is 4.63. The first-order chi connectivity index (χ1) is 7.79. The molecule has 3 nitrogen and oxygen atoms in total. The van der Waals surface area contributed by atoms with Crippen molar-refractivity contribution in [1.29, 1.82) is 0 Å². The van der Waals surface area contributed by atoms with E-state index in [1.165, 1.54) is 25.7 Å². The summed E-state index contributed by atoms with van der Waals surface area (Å²) in [6.45, 7) is 5.21. The molecular formula is C13H21N3. The lowest BCUT2D eigenvalue weighted by atomic mass is 10.1. The van der Waals surface area contributed by atoms with Crippen LogP contribution in [0.5, 0.6) is 0 Å². The van der Waals surface area contributed by atoms with Gasteiger partial charge in [0.2, 0.25) is 0 Å². The number of nitrogens with one attached hydrogen (secondary N) is 1. The molecule has 1 aromatic heterocycles. The molecule has 0 spiro atoms. The van der Waals surface area contributed by atoms with Crippen LogP contribution in [0.15, 0.2) is 6.07 Å². The summed E-state index contributed by atoms with van der Waals surface area (Å²) in [6, 6.07) is 2.04. The molecule has 16 heavy (non-hydrogen) atoms. The second-order valence-corrected chi connectivity index (χ2v) is 4.66. The minimum atomic E-state index is 0.599. The van der Waals surface area contributed by atoms with E-state index in [9.17, 15) is 0 Å². The molecule has 3 heteroatoms. The van der Waals surface area contributed by atoms with Crippen LogP contribution < -0.4 is 5.32 Å². The van der Waals surface area contributed by atoms with Gasteiger partial charge in [0.05, 0.1) is 0 Å². The molecule has 1 aliphatic carbocycles. The van der Waals surface area contributed by atoms with Gasteiger partial charge in [0.1, 0.15) is 11.6 Å². The second kappa shape index (κ2) is 5.28. The summed E-state index contributed by atoms with van der Waals surface area (Å²) < 4.78 is 0. The van der Waals surface area contributed by atoms with Gasteiger partial charge in [-0.3, -0.25) is 0 Å². The van der Waals surface area contributed by atoms with Crippen molar-refractivity contribution in [3.8, 4) is 0 Å². The van der Waals surface area contributed by atoms with E-state index < -0.39 is 0 Å². The minimum Gasteiger partial charge on any atom is -0.370 e.